The van der Waals surface area contributed by atoms with Crippen molar-refractivity contribution in [2.24, 2.45) is 23.7 Å². The fraction of sp³-hybridized carbons (Fsp3) is 0.727. The van der Waals surface area contributed by atoms with Gasteiger partial charge in [0.2, 0.25) is 0 Å². The molecule has 0 aromatic heterocycles. The van der Waals surface area contributed by atoms with Gasteiger partial charge in [0.25, 0.3) is 0 Å². The fourth-order valence-electron chi connectivity index (χ4n) is 3.38. The lowest BCUT2D eigenvalue weighted by Crippen LogP contribution is -2.36. The van der Waals surface area contributed by atoms with Gasteiger partial charge < -0.3 is 4.74 Å². The highest BCUT2D eigenvalue weighted by Crippen LogP contribution is 2.49. The van der Waals surface area contributed by atoms with Crippen molar-refractivity contribution >= 4 is 17.7 Å². The number of carbonyl (C=O) groups is 3. The molecule has 1 aliphatic heterocycles. The highest BCUT2D eigenvalue weighted by Gasteiger charge is 2.57. The molecule has 4 nitrogen and oxygen atoms in total. The zero-order valence-corrected chi connectivity index (χ0v) is 8.27. The van der Waals surface area contributed by atoms with E-state index in [1.165, 1.54) is 0 Å². The molecule has 3 aliphatic carbocycles. The lowest BCUT2D eigenvalue weighted by molar-refractivity contribution is -0.155. The molecule has 4 fully saturated rings. The Balaban J connectivity index is 2.05. The molecule has 15 heavy (non-hydrogen) atoms. The topological polar surface area (TPSA) is 60.4 Å². The summed E-state index contributed by atoms with van der Waals surface area (Å²) in [5, 5.41) is 0. The molecule has 4 heteroatoms. The molecule has 1 heterocycles. The average Bonchev–Trinajstić information content (AvgIpc) is 2.39. The normalized spacial score (nSPS) is 43.9. The van der Waals surface area contributed by atoms with E-state index in [2.05, 4.69) is 4.74 Å². The molecule has 4 rings (SSSR count). The van der Waals surface area contributed by atoms with Crippen LogP contribution in [0.15, 0.2) is 0 Å². The number of cyclic esters (lactones) is 2. The second kappa shape index (κ2) is 2.90. The van der Waals surface area contributed by atoms with Crippen LogP contribution < -0.4 is 0 Å². The first kappa shape index (κ1) is 9.07. The maximum absolute atomic E-state index is 11.7. The van der Waals surface area contributed by atoms with Gasteiger partial charge in [0.1, 0.15) is 5.78 Å². The molecular weight excluding hydrogens is 196 g/mol. The van der Waals surface area contributed by atoms with Crippen LogP contribution in [-0.4, -0.2) is 17.7 Å². The van der Waals surface area contributed by atoms with E-state index in [-0.39, 0.29) is 23.5 Å². The van der Waals surface area contributed by atoms with Gasteiger partial charge in [-0.2, -0.15) is 0 Å². The molecule has 0 aromatic rings. The molecule has 0 aromatic carbocycles. The predicted octanol–water partition coefficient (Wildman–Crippen LogP) is 0.691. The molecule has 4 aliphatic rings. The average molecular weight is 208 g/mol. The number of hydrogen-bond acceptors (Lipinski definition) is 4. The van der Waals surface area contributed by atoms with Crippen molar-refractivity contribution in [3.05, 3.63) is 0 Å². The summed E-state index contributed by atoms with van der Waals surface area (Å²) in [5.74, 6) is -1.53. The Morgan fingerprint density at radius 2 is 1.67 bits per heavy atom. The maximum atomic E-state index is 11.7. The monoisotopic (exact) mass is 208 g/mol. The van der Waals surface area contributed by atoms with Crippen LogP contribution in [0.25, 0.3) is 0 Å². The molecule has 2 bridgehead atoms. The van der Waals surface area contributed by atoms with E-state index in [0.717, 1.165) is 19.3 Å². The number of esters is 2. The van der Waals surface area contributed by atoms with Gasteiger partial charge in [-0.15, -0.1) is 0 Å². The van der Waals surface area contributed by atoms with E-state index in [9.17, 15) is 14.4 Å². The van der Waals surface area contributed by atoms with Crippen LogP contribution in [0, 0.1) is 23.7 Å². The highest BCUT2D eigenvalue weighted by molar-refractivity contribution is 6.00. The molecule has 0 amide bonds. The number of ketones is 1. The Morgan fingerprint density at radius 3 is 2.47 bits per heavy atom. The quantitative estimate of drug-likeness (QED) is 0.434. The van der Waals surface area contributed by atoms with Crippen molar-refractivity contribution < 1.29 is 19.1 Å². The molecule has 0 spiro atoms. The summed E-state index contributed by atoms with van der Waals surface area (Å²) in [4.78, 5) is 34.8. The van der Waals surface area contributed by atoms with Crippen LogP contribution in [0.4, 0.5) is 0 Å². The lowest BCUT2D eigenvalue weighted by atomic mass is 9.69. The van der Waals surface area contributed by atoms with Crippen molar-refractivity contribution in [1.82, 2.24) is 0 Å². The Morgan fingerprint density at radius 1 is 0.933 bits per heavy atom. The van der Waals surface area contributed by atoms with Gasteiger partial charge in [-0.3, -0.25) is 14.4 Å². The largest absolute Gasteiger partial charge is 0.393 e. The standard InChI is InChI=1S/C11H12O4/c12-7-4-2-5-1-3-6(7)9-8(5)10(13)15-11(9)14/h5-6,8-9H,1-4H2/t5-,6-,8-,9+/m1/s1. The van der Waals surface area contributed by atoms with Crippen LogP contribution >= 0.6 is 0 Å². The summed E-state index contributed by atoms with van der Waals surface area (Å²) in [7, 11) is 0. The molecule has 0 unspecified atom stereocenters. The Bertz CT molecular complexity index is 360. The van der Waals surface area contributed by atoms with E-state index in [4.69, 9.17) is 0 Å². The van der Waals surface area contributed by atoms with Crippen LogP contribution in [0.2, 0.25) is 0 Å². The third kappa shape index (κ3) is 1.10. The summed E-state index contributed by atoms with van der Waals surface area (Å²) >= 11 is 0. The van der Waals surface area contributed by atoms with Crippen molar-refractivity contribution in [1.29, 1.82) is 0 Å². The Hall–Kier alpha value is -1.19. The van der Waals surface area contributed by atoms with Gasteiger partial charge in [-0.05, 0) is 25.2 Å². The van der Waals surface area contributed by atoms with Crippen LogP contribution in [0.5, 0.6) is 0 Å². The van der Waals surface area contributed by atoms with E-state index in [1.54, 1.807) is 0 Å². The first-order valence-electron chi connectivity index (χ1n) is 5.46. The number of hydrogen-bond donors (Lipinski definition) is 0. The van der Waals surface area contributed by atoms with Crippen LogP contribution in [0.1, 0.15) is 25.7 Å². The number of Topliss-reactive ketones (excluding diaryl/α,β-unsaturated/α-hetero) is 1. The summed E-state index contributed by atoms with van der Waals surface area (Å²) in [5.41, 5.74) is 0. The van der Waals surface area contributed by atoms with Gasteiger partial charge in [-0.1, -0.05) is 0 Å². The highest BCUT2D eigenvalue weighted by atomic mass is 16.6. The SMILES string of the molecule is O=C1OC(=O)[C@@H]2[C@H]1[C@H]1CCC(=O)[C@H]2CC1. The number of carbonyl (C=O) groups excluding carboxylic acids is 3. The van der Waals surface area contributed by atoms with Gasteiger partial charge >= 0.3 is 11.9 Å². The molecule has 1 saturated heterocycles. The molecule has 4 atom stereocenters. The van der Waals surface area contributed by atoms with Crippen molar-refractivity contribution in [2.45, 2.75) is 25.7 Å². The molecule has 0 N–H and O–H groups in total. The van der Waals surface area contributed by atoms with Crippen molar-refractivity contribution in [2.75, 3.05) is 0 Å². The van der Waals surface area contributed by atoms with Gasteiger partial charge in [0.05, 0.1) is 11.8 Å². The first-order valence-corrected chi connectivity index (χ1v) is 5.46. The summed E-state index contributed by atoms with van der Waals surface area (Å²) in [6.07, 6.45) is 2.93. The van der Waals surface area contributed by atoms with E-state index < -0.39 is 17.9 Å². The zero-order chi connectivity index (χ0) is 10.6. The van der Waals surface area contributed by atoms with Gasteiger partial charge in [0, 0.05) is 12.3 Å². The minimum absolute atomic E-state index is 0.150. The summed E-state index contributed by atoms with van der Waals surface area (Å²) in [6.45, 7) is 0. The first-order chi connectivity index (χ1) is 7.18. The number of fused-ring (bicyclic) bond motifs is 3. The van der Waals surface area contributed by atoms with E-state index >= 15 is 0 Å². The fourth-order valence-corrected chi connectivity index (χ4v) is 3.38. The molecule has 0 radical (unpaired) electrons. The summed E-state index contributed by atoms with van der Waals surface area (Å²) in [6, 6.07) is 0. The third-order valence-electron chi connectivity index (χ3n) is 4.10. The molecule has 80 valence electrons. The second-order valence-electron chi connectivity index (χ2n) is 4.74. The van der Waals surface area contributed by atoms with Gasteiger partial charge in [-0.25, -0.2) is 0 Å². The van der Waals surface area contributed by atoms with E-state index in [0.29, 0.717) is 6.42 Å². The van der Waals surface area contributed by atoms with E-state index in [1.807, 2.05) is 0 Å². The zero-order valence-electron chi connectivity index (χ0n) is 8.27. The van der Waals surface area contributed by atoms with Crippen molar-refractivity contribution in [3.8, 4) is 0 Å². The third-order valence-corrected chi connectivity index (χ3v) is 4.10. The minimum atomic E-state index is -0.463. The second-order valence-corrected chi connectivity index (χ2v) is 4.74. The number of rotatable bonds is 0. The van der Waals surface area contributed by atoms with Gasteiger partial charge in [0.15, 0.2) is 0 Å². The molecule has 3 saturated carbocycles. The number of ether oxygens (including phenoxy) is 1. The van der Waals surface area contributed by atoms with Crippen LogP contribution in [0.3, 0.4) is 0 Å². The smallest absolute Gasteiger partial charge is 0.318 e. The van der Waals surface area contributed by atoms with Crippen LogP contribution in [-0.2, 0) is 19.1 Å². The maximum Gasteiger partial charge on any atom is 0.318 e. The Kier molecular flexibility index (Phi) is 1.75. The Labute approximate surface area is 87.0 Å². The molecular formula is C11H12O4. The predicted molar refractivity (Wildman–Crippen MR) is 48.5 cm³/mol. The van der Waals surface area contributed by atoms with Crippen molar-refractivity contribution in [3.63, 3.8) is 0 Å². The summed E-state index contributed by atoms with van der Waals surface area (Å²) < 4.78 is 4.66. The lowest BCUT2D eigenvalue weighted by Gasteiger charge is -2.30. The minimum Gasteiger partial charge on any atom is -0.393 e.